The molecule has 0 aliphatic carbocycles. The molecule has 4 nitrogen and oxygen atoms in total. The molecule has 0 aromatic heterocycles. The average molecular weight is 294 g/mol. The summed E-state index contributed by atoms with van der Waals surface area (Å²) < 4.78 is 11.0. The molecule has 0 radical (unpaired) electrons. The lowest BCUT2D eigenvalue weighted by molar-refractivity contribution is -0.154. The zero-order chi connectivity index (χ0) is 15.1. The highest BCUT2D eigenvalue weighted by molar-refractivity contribution is 5.89. The number of cyclic esters (lactones) is 2. The molecule has 0 N–H and O–H groups in total. The average Bonchev–Trinajstić information content (AvgIpc) is 3.09. The van der Waals surface area contributed by atoms with Crippen molar-refractivity contribution in [1.29, 1.82) is 0 Å². The Morgan fingerprint density at radius 1 is 0.591 bits per heavy atom. The van der Waals surface area contributed by atoms with Crippen LogP contribution >= 0.6 is 0 Å². The highest BCUT2D eigenvalue weighted by Crippen LogP contribution is 2.51. The van der Waals surface area contributed by atoms with Gasteiger partial charge >= 0.3 is 11.9 Å². The lowest BCUT2D eigenvalue weighted by Gasteiger charge is -2.14. The van der Waals surface area contributed by atoms with Gasteiger partial charge in [0.2, 0.25) is 0 Å². The van der Waals surface area contributed by atoms with Crippen molar-refractivity contribution in [2.45, 2.75) is 12.2 Å². The lowest BCUT2D eigenvalue weighted by Crippen LogP contribution is -2.19. The molecule has 2 aromatic carbocycles. The van der Waals surface area contributed by atoms with E-state index in [9.17, 15) is 9.59 Å². The van der Waals surface area contributed by atoms with Gasteiger partial charge < -0.3 is 9.47 Å². The van der Waals surface area contributed by atoms with Crippen LogP contribution in [0.2, 0.25) is 0 Å². The molecule has 4 rings (SSSR count). The number of carbonyl (C=O) groups excluding carboxylic acids is 2. The zero-order valence-corrected chi connectivity index (χ0v) is 11.7. The Morgan fingerprint density at radius 2 is 0.955 bits per heavy atom. The summed E-state index contributed by atoms with van der Waals surface area (Å²) in [5.41, 5.74) is 1.66. The molecule has 2 aliphatic rings. The van der Waals surface area contributed by atoms with E-state index in [0.717, 1.165) is 11.1 Å². The molecule has 22 heavy (non-hydrogen) atoms. The number of rotatable bonds is 2. The zero-order valence-electron chi connectivity index (χ0n) is 11.7. The van der Waals surface area contributed by atoms with E-state index in [1.807, 2.05) is 60.7 Å². The second-order valence-electron chi connectivity index (χ2n) is 5.59. The van der Waals surface area contributed by atoms with Gasteiger partial charge in [0.25, 0.3) is 0 Å². The minimum atomic E-state index is -0.569. The van der Waals surface area contributed by atoms with Crippen molar-refractivity contribution in [2.75, 3.05) is 0 Å². The van der Waals surface area contributed by atoms with Crippen LogP contribution in [0.1, 0.15) is 23.3 Å². The SMILES string of the molecule is O=C1OC(c2ccccc2)[C@@H]2C(=O)OC(c3ccccc3)[C@@H]12. The Labute approximate surface area is 127 Å². The maximum Gasteiger partial charge on any atom is 0.314 e. The van der Waals surface area contributed by atoms with Crippen LogP contribution in [0, 0.1) is 11.8 Å². The molecule has 2 saturated heterocycles. The van der Waals surface area contributed by atoms with Gasteiger partial charge in [-0.1, -0.05) is 60.7 Å². The summed E-state index contributed by atoms with van der Waals surface area (Å²) in [5.74, 6) is -1.86. The smallest absolute Gasteiger partial charge is 0.314 e. The minimum Gasteiger partial charge on any atom is -0.456 e. The highest BCUT2D eigenvalue weighted by atomic mass is 16.6. The van der Waals surface area contributed by atoms with E-state index < -0.39 is 24.0 Å². The molecule has 0 spiro atoms. The maximum atomic E-state index is 12.3. The first-order chi connectivity index (χ1) is 10.8. The molecular weight excluding hydrogens is 280 g/mol. The number of ether oxygens (including phenoxy) is 2. The summed E-state index contributed by atoms with van der Waals surface area (Å²) in [6.45, 7) is 0. The Hall–Kier alpha value is -2.62. The van der Waals surface area contributed by atoms with Crippen molar-refractivity contribution in [3.63, 3.8) is 0 Å². The first-order valence-electron chi connectivity index (χ1n) is 7.26. The summed E-state index contributed by atoms with van der Waals surface area (Å²) >= 11 is 0. The number of esters is 2. The number of fused-ring (bicyclic) bond motifs is 1. The Bertz CT molecular complexity index is 647. The fraction of sp³-hybridized carbons (Fsp3) is 0.222. The lowest BCUT2D eigenvalue weighted by atomic mass is 9.84. The highest BCUT2D eigenvalue weighted by Gasteiger charge is 2.59. The van der Waals surface area contributed by atoms with Crippen LogP contribution in [0.15, 0.2) is 60.7 Å². The van der Waals surface area contributed by atoms with Crippen molar-refractivity contribution in [3.8, 4) is 0 Å². The molecule has 4 heteroatoms. The van der Waals surface area contributed by atoms with Gasteiger partial charge in [-0.2, -0.15) is 0 Å². The van der Waals surface area contributed by atoms with Crippen molar-refractivity contribution in [1.82, 2.24) is 0 Å². The number of benzene rings is 2. The van der Waals surface area contributed by atoms with Gasteiger partial charge in [0.05, 0.1) is 0 Å². The number of carbonyl (C=O) groups is 2. The van der Waals surface area contributed by atoms with Gasteiger partial charge in [0.15, 0.2) is 0 Å². The van der Waals surface area contributed by atoms with E-state index in [0.29, 0.717) is 0 Å². The molecule has 2 fully saturated rings. The molecule has 2 aliphatic heterocycles. The van der Waals surface area contributed by atoms with Crippen molar-refractivity contribution in [2.24, 2.45) is 11.8 Å². The molecule has 110 valence electrons. The minimum absolute atomic E-state index is 0.362. The van der Waals surface area contributed by atoms with E-state index in [1.165, 1.54) is 0 Å². The van der Waals surface area contributed by atoms with E-state index in [4.69, 9.17) is 9.47 Å². The van der Waals surface area contributed by atoms with Crippen molar-refractivity contribution < 1.29 is 19.1 Å². The van der Waals surface area contributed by atoms with Gasteiger partial charge in [-0.15, -0.1) is 0 Å². The van der Waals surface area contributed by atoms with Crippen LogP contribution in [0.3, 0.4) is 0 Å². The van der Waals surface area contributed by atoms with Crippen LogP contribution in [-0.2, 0) is 19.1 Å². The molecular formula is C18H14O4. The summed E-state index contributed by atoms with van der Waals surface area (Å²) in [6.07, 6.45) is -1.11. The van der Waals surface area contributed by atoms with Crippen LogP contribution in [0.5, 0.6) is 0 Å². The van der Waals surface area contributed by atoms with Gasteiger partial charge in [-0.05, 0) is 11.1 Å². The Balaban J connectivity index is 1.71. The predicted molar refractivity (Wildman–Crippen MR) is 77.5 cm³/mol. The fourth-order valence-electron chi connectivity index (χ4n) is 3.31. The summed E-state index contributed by atoms with van der Waals surface area (Å²) in [7, 11) is 0. The summed E-state index contributed by atoms with van der Waals surface area (Å²) in [6, 6.07) is 18.7. The van der Waals surface area contributed by atoms with Gasteiger partial charge in [0.1, 0.15) is 24.0 Å². The summed E-state index contributed by atoms with van der Waals surface area (Å²) in [4.78, 5) is 24.6. The monoisotopic (exact) mass is 294 g/mol. The van der Waals surface area contributed by atoms with Crippen LogP contribution in [0.4, 0.5) is 0 Å². The number of hydrogen-bond donors (Lipinski definition) is 0. The van der Waals surface area contributed by atoms with E-state index in [2.05, 4.69) is 0 Å². The summed E-state index contributed by atoms with van der Waals surface area (Å²) in [5, 5.41) is 0. The van der Waals surface area contributed by atoms with Gasteiger partial charge in [-0.3, -0.25) is 9.59 Å². The van der Waals surface area contributed by atoms with E-state index >= 15 is 0 Å². The molecule has 4 atom stereocenters. The molecule has 2 heterocycles. The normalized spacial score (nSPS) is 29.8. The number of hydrogen-bond acceptors (Lipinski definition) is 4. The maximum absolute atomic E-state index is 12.3. The van der Waals surface area contributed by atoms with Gasteiger partial charge in [-0.25, -0.2) is 0 Å². The van der Waals surface area contributed by atoms with Crippen LogP contribution in [0.25, 0.3) is 0 Å². The second kappa shape index (κ2) is 4.98. The van der Waals surface area contributed by atoms with Crippen molar-refractivity contribution >= 4 is 11.9 Å². The largest absolute Gasteiger partial charge is 0.456 e. The first kappa shape index (κ1) is 13.1. The molecule has 0 bridgehead atoms. The Kier molecular flexibility index (Phi) is 2.96. The standard InChI is InChI=1S/C18H14O4/c19-17-13-14(16(22-17)12-9-5-2-6-10-12)18(20)21-15(13)11-7-3-1-4-8-11/h1-10,13-16H/t13-,14+,15?,16?. The molecule has 0 amide bonds. The molecule has 0 saturated carbocycles. The van der Waals surface area contributed by atoms with Crippen molar-refractivity contribution in [3.05, 3.63) is 71.8 Å². The first-order valence-corrected chi connectivity index (χ1v) is 7.26. The topological polar surface area (TPSA) is 52.6 Å². The van der Waals surface area contributed by atoms with E-state index in [-0.39, 0.29) is 11.9 Å². The van der Waals surface area contributed by atoms with Gasteiger partial charge in [0, 0.05) is 0 Å². The van der Waals surface area contributed by atoms with Crippen LogP contribution in [-0.4, -0.2) is 11.9 Å². The predicted octanol–water partition coefficient (Wildman–Crippen LogP) is 2.82. The fourth-order valence-corrected chi connectivity index (χ4v) is 3.31. The quantitative estimate of drug-likeness (QED) is 0.799. The third kappa shape index (κ3) is 1.91. The third-order valence-electron chi connectivity index (χ3n) is 4.33. The Morgan fingerprint density at radius 3 is 1.32 bits per heavy atom. The third-order valence-corrected chi connectivity index (χ3v) is 4.33. The van der Waals surface area contributed by atoms with Crippen LogP contribution < -0.4 is 0 Å². The second-order valence-corrected chi connectivity index (χ2v) is 5.59. The van der Waals surface area contributed by atoms with E-state index in [1.54, 1.807) is 0 Å². The molecule has 2 aromatic rings. The molecule has 2 unspecified atom stereocenters.